The molecule has 0 unspecified atom stereocenters. The Bertz CT molecular complexity index is 596. The van der Waals surface area contributed by atoms with Gasteiger partial charge in [-0.1, -0.05) is 18.2 Å². The van der Waals surface area contributed by atoms with Crippen LogP contribution in [0, 0.1) is 0 Å². The van der Waals surface area contributed by atoms with E-state index >= 15 is 0 Å². The molecule has 0 atom stereocenters. The lowest BCUT2D eigenvalue weighted by Gasteiger charge is -2.14. The van der Waals surface area contributed by atoms with E-state index in [1.807, 2.05) is 0 Å². The van der Waals surface area contributed by atoms with Gasteiger partial charge in [0, 0.05) is 26.0 Å². The topological polar surface area (TPSA) is 103 Å². The van der Waals surface area contributed by atoms with E-state index in [-0.39, 0.29) is 12.1 Å². The molecule has 130 valence electrons. The first-order valence-corrected chi connectivity index (χ1v) is 7.01. The summed E-state index contributed by atoms with van der Waals surface area (Å²) in [5.41, 5.74) is 0.0324. The monoisotopic (exact) mass is 336 g/mol. The third-order valence-electron chi connectivity index (χ3n) is 2.99. The molecule has 0 aliphatic heterocycles. The summed E-state index contributed by atoms with van der Waals surface area (Å²) in [6.45, 7) is 0.0206. The normalized spacial score (nSPS) is 11.1. The number of hydrogen-bond donors (Lipinski definition) is 2. The Kier molecular flexibility index (Phi) is 8.17. The third-order valence-corrected chi connectivity index (χ3v) is 2.99. The molecule has 8 heteroatoms. The quantitative estimate of drug-likeness (QED) is 0.231. The van der Waals surface area contributed by atoms with Crippen molar-refractivity contribution in [1.82, 2.24) is 10.6 Å². The van der Waals surface area contributed by atoms with Crippen LogP contribution in [0.15, 0.2) is 42.1 Å². The van der Waals surface area contributed by atoms with E-state index in [1.54, 1.807) is 30.3 Å². The van der Waals surface area contributed by atoms with Crippen molar-refractivity contribution in [1.29, 1.82) is 0 Å². The molecule has 0 saturated carbocycles. The van der Waals surface area contributed by atoms with E-state index in [4.69, 9.17) is 9.47 Å². The van der Waals surface area contributed by atoms with Gasteiger partial charge in [-0.3, -0.25) is 9.59 Å². The van der Waals surface area contributed by atoms with Crippen LogP contribution < -0.4 is 10.6 Å². The van der Waals surface area contributed by atoms with Gasteiger partial charge in [0.15, 0.2) is 6.29 Å². The summed E-state index contributed by atoms with van der Waals surface area (Å²) < 4.78 is 14.4. The second-order valence-corrected chi connectivity index (χ2v) is 4.50. The molecule has 0 aromatic heterocycles. The van der Waals surface area contributed by atoms with Crippen molar-refractivity contribution in [2.45, 2.75) is 6.29 Å². The van der Waals surface area contributed by atoms with Gasteiger partial charge < -0.3 is 24.8 Å². The van der Waals surface area contributed by atoms with Crippen LogP contribution in [-0.4, -0.2) is 51.9 Å². The van der Waals surface area contributed by atoms with Gasteiger partial charge >= 0.3 is 5.97 Å². The Morgan fingerprint density at radius 1 is 1.08 bits per heavy atom. The molecule has 0 spiro atoms. The van der Waals surface area contributed by atoms with Gasteiger partial charge in [-0.05, 0) is 12.1 Å². The van der Waals surface area contributed by atoms with Crippen molar-refractivity contribution in [2.24, 2.45) is 0 Å². The van der Waals surface area contributed by atoms with E-state index in [9.17, 15) is 14.4 Å². The molecule has 0 fully saturated rings. The van der Waals surface area contributed by atoms with Crippen molar-refractivity contribution in [3.63, 3.8) is 0 Å². The molecule has 0 saturated heterocycles. The van der Waals surface area contributed by atoms with Gasteiger partial charge in [-0.25, -0.2) is 4.79 Å². The van der Waals surface area contributed by atoms with E-state index in [0.29, 0.717) is 5.56 Å². The zero-order chi connectivity index (χ0) is 17.9. The SMILES string of the molecule is COC(=O)/C(=C/NC(=O)c1ccccc1)C(=O)NCC(OC)OC. The molecule has 0 heterocycles. The molecule has 1 rings (SSSR count). The summed E-state index contributed by atoms with van der Waals surface area (Å²) >= 11 is 0. The van der Waals surface area contributed by atoms with Crippen LogP contribution in [0.1, 0.15) is 10.4 Å². The second-order valence-electron chi connectivity index (χ2n) is 4.50. The Hall–Kier alpha value is -2.71. The number of benzene rings is 1. The summed E-state index contributed by atoms with van der Waals surface area (Å²) in [6.07, 6.45) is 0.345. The van der Waals surface area contributed by atoms with E-state index in [2.05, 4.69) is 15.4 Å². The summed E-state index contributed by atoms with van der Waals surface area (Å²) in [4.78, 5) is 35.8. The number of amides is 2. The zero-order valence-electron chi connectivity index (χ0n) is 13.7. The van der Waals surface area contributed by atoms with Crippen LogP contribution in [0.3, 0.4) is 0 Å². The minimum Gasteiger partial charge on any atom is -0.465 e. The number of hydrogen-bond acceptors (Lipinski definition) is 6. The molecule has 0 radical (unpaired) electrons. The average Bonchev–Trinajstić information content (AvgIpc) is 2.62. The highest BCUT2D eigenvalue weighted by Gasteiger charge is 2.20. The molecule has 1 aromatic rings. The van der Waals surface area contributed by atoms with Gasteiger partial charge in [-0.15, -0.1) is 0 Å². The Balaban J connectivity index is 2.79. The first-order chi connectivity index (χ1) is 11.5. The summed E-state index contributed by atoms with van der Waals surface area (Å²) in [7, 11) is 3.96. The van der Waals surface area contributed by atoms with Gasteiger partial charge in [-0.2, -0.15) is 0 Å². The summed E-state index contributed by atoms with van der Waals surface area (Å²) in [5, 5.41) is 4.84. The number of methoxy groups -OCH3 is 3. The van der Waals surface area contributed by atoms with Gasteiger partial charge in [0.1, 0.15) is 5.57 Å². The predicted octanol–water partition coefficient (Wildman–Crippen LogP) is 0.208. The minimum atomic E-state index is -0.882. The first-order valence-electron chi connectivity index (χ1n) is 7.01. The molecule has 1 aromatic carbocycles. The number of carbonyl (C=O) groups excluding carboxylic acids is 3. The summed E-state index contributed by atoms with van der Waals surface area (Å²) in [6, 6.07) is 8.36. The fourth-order valence-corrected chi connectivity index (χ4v) is 1.67. The Morgan fingerprint density at radius 3 is 2.25 bits per heavy atom. The van der Waals surface area contributed by atoms with Crippen LogP contribution in [0.4, 0.5) is 0 Å². The van der Waals surface area contributed by atoms with Crippen LogP contribution in [0.25, 0.3) is 0 Å². The van der Waals surface area contributed by atoms with Gasteiger partial charge in [0.2, 0.25) is 0 Å². The summed E-state index contributed by atoms with van der Waals surface area (Å²) in [5.74, 6) is -2.07. The highest BCUT2D eigenvalue weighted by Crippen LogP contribution is 2.01. The maximum absolute atomic E-state index is 12.1. The van der Waals surface area contributed by atoms with E-state index in [0.717, 1.165) is 13.3 Å². The highest BCUT2D eigenvalue weighted by molar-refractivity contribution is 6.16. The van der Waals surface area contributed by atoms with Crippen molar-refractivity contribution in [2.75, 3.05) is 27.9 Å². The van der Waals surface area contributed by atoms with Crippen LogP contribution in [-0.2, 0) is 23.8 Å². The number of nitrogens with one attached hydrogen (secondary N) is 2. The van der Waals surface area contributed by atoms with Crippen LogP contribution in [0.2, 0.25) is 0 Å². The average molecular weight is 336 g/mol. The second kappa shape index (κ2) is 10.1. The molecule has 0 aliphatic rings. The van der Waals surface area contributed by atoms with Crippen LogP contribution >= 0.6 is 0 Å². The zero-order valence-corrected chi connectivity index (χ0v) is 13.7. The van der Waals surface area contributed by atoms with Crippen molar-refractivity contribution in [3.05, 3.63) is 47.7 Å². The maximum Gasteiger partial charge on any atom is 0.344 e. The molecular weight excluding hydrogens is 316 g/mol. The molecule has 2 N–H and O–H groups in total. The maximum atomic E-state index is 12.1. The van der Waals surface area contributed by atoms with E-state index in [1.165, 1.54) is 14.2 Å². The predicted molar refractivity (Wildman–Crippen MR) is 84.8 cm³/mol. The number of rotatable bonds is 8. The lowest BCUT2D eigenvalue weighted by Crippen LogP contribution is -2.37. The first kappa shape index (κ1) is 19.3. The Labute approximate surface area is 139 Å². The lowest BCUT2D eigenvalue weighted by molar-refractivity contribution is -0.139. The molecule has 0 aliphatic carbocycles. The van der Waals surface area contributed by atoms with Crippen molar-refractivity contribution < 1.29 is 28.6 Å². The molecular formula is C16H20N2O6. The van der Waals surface area contributed by atoms with Gasteiger partial charge in [0.05, 0.1) is 13.7 Å². The minimum absolute atomic E-state index is 0.0206. The fourth-order valence-electron chi connectivity index (χ4n) is 1.67. The molecule has 0 bridgehead atoms. The van der Waals surface area contributed by atoms with Crippen molar-refractivity contribution >= 4 is 17.8 Å². The van der Waals surface area contributed by atoms with E-state index < -0.39 is 24.1 Å². The number of esters is 1. The standard InChI is InChI=1S/C16H20N2O6/c1-22-13(23-2)10-18-15(20)12(16(21)24-3)9-17-14(19)11-7-5-4-6-8-11/h4-9,13H,10H2,1-3H3,(H,17,19)(H,18,20)/b12-9+. The number of ether oxygens (including phenoxy) is 3. The smallest absolute Gasteiger partial charge is 0.344 e. The van der Waals surface area contributed by atoms with Crippen molar-refractivity contribution in [3.8, 4) is 0 Å². The van der Waals surface area contributed by atoms with Crippen LogP contribution in [0.5, 0.6) is 0 Å². The highest BCUT2D eigenvalue weighted by atomic mass is 16.7. The molecule has 2 amide bonds. The molecule has 8 nitrogen and oxygen atoms in total. The largest absolute Gasteiger partial charge is 0.465 e. The fraction of sp³-hybridized carbons (Fsp3) is 0.312. The molecule has 24 heavy (non-hydrogen) atoms. The number of carbonyl (C=O) groups is 3. The Morgan fingerprint density at radius 2 is 1.71 bits per heavy atom. The van der Waals surface area contributed by atoms with Gasteiger partial charge in [0.25, 0.3) is 11.8 Å². The lowest BCUT2D eigenvalue weighted by atomic mass is 10.2. The third kappa shape index (κ3) is 5.82.